The molecule has 7 nitrogen and oxygen atoms in total. The predicted octanol–water partition coefficient (Wildman–Crippen LogP) is 3.44. The van der Waals surface area contributed by atoms with Crippen LogP contribution in [-0.4, -0.2) is 34.3 Å². The summed E-state index contributed by atoms with van der Waals surface area (Å²) in [7, 11) is 1.88. The Labute approximate surface area is 165 Å². The maximum Gasteiger partial charge on any atom is 0.155 e. The van der Waals surface area contributed by atoms with E-state index in [4.69, 9.17) is 4.98 Å². The standard InChI is InChI=1S/C21H18FN7/c1-28-10-9-17(27-28)21-20(15-6-8-19-23-13-24-29(19)12-15)25-18(26-21)7-5-14-3-2-4-16(22)11-14/h2-4,6,8-13H,5,7H2,1H3,(H,25,26). The average Bonchev–Trinajstić information content (AvgIpc) is 3.45. The first-order chi connectivity index (χ1) is 14.2. The van der Waals surface area contributed by atoms with E-state index in [1.165, 1.54) is 12.4 Å². The van der Waals surface area contributed by atoms with Gasteiger partial charge in [-0.05, 0) is 42.3 Å². The molecule has 4 heterocycles. The van der Waals surface area contributed by atoms with Crippen molar-refractivity contribution in [1.82, 2.24) is 34.3 Å². The molecule has 4 aromatic heterocycles. The highest BCUT2D eigenvalue weighted by molar-refractivity contribution is 5.76. The summed E-state index contributed by atoms with van der Waals surface area (Å²) in [5, 5.41) is 8.74. The summed E-state index contributed by atoms with van der Waals surface area (Å²) in [5.74, 6) is 0.599. The van der Waals surface area contributed by atoms with Gasteiger partial charge in [-0.3, -0.25) is 4.68 Å². The highest BCUT2D eigenvalue weighted by Crippen LogP contribution is 2.29. The minimum atomic E-state index is -0.224. The molecule has 1 N–H and O–H groups in total. The van der Waals surface area contributed by atoms with Crippen molar-refractivity contribution in [2.45, 2.75) is 12.8 Å². The molecular formula is C21H18FN7. The molecule has 1 aromatic carbocycles. The molecule has 0 radical (unpaired) electrons. The van der Waals surface area contributed by atoms with E-state index in [1.807, 2.05) is 43.7 Å². The lowest BCUT2D eigenvalue weighted by Gasteiger charge is -2.01. The Hall–Kier alpha value is -3.81. The number of halogens is 1. The Balaban J connectivity index is 1.53. The maximum atomic E-state index is 13.5. The number of hydrogen-bond acceptors (Lipinski definition) is 4. The number of nitrogens with zero attached hydrogens (tertiary/aromatic N) is 6. The Morgan fingerprint density at radius 2 is 2.03 bits per heavy atom. The SMILES string of the molecule is Cn1ccc(-c2[nH]c(CCc3cccc(F)c3)nc2-c2ccc3ncnn3c2)n1. The fourth-order valence-electron chi connectivity index (χ4n) is 3.40. The van der Waals surface area contributed by atoms with E-state index in [9.17, 15) is 4.39 Å². The van der Waals surface area contributed by atoms with Gasteiger partial charge in [0.1, 0.15) is 23.7 Å². The second kappa shape index (κ2) is 6.97. The van der Waals surface area contributed by atoms with Crippen LogP contribution in [0.25, 0.3) is 28.3 Å². The first-order valence-corrected chi connectivity index (χ1v) is 9.29. The quantitative estimate of drug-likeness (QED) is 0.501. The molecule has 29 heavy (non-hydrogen) atoms. The number of H-pyrrole nitrogens is 1. The molecule has 5 aromatic rings. The molecule has 144 valence electrons. The second-order valence-corrected chi connectivity index (χ2v) is 6.89. The molecule has 0 spiro atoms. The fraction of sp³-hybridized carbons (Fsp3) is 0.143. The summed E-state index contributed by atoms with van der Waals surface area (Å²) in [6.45, 7) is 0. The number of aromatic nitrogens is 7. The Morgan fingerprint density at radius 1 is 1.10 bits per heavy atom. The number of aromatic amines is 1. The molecule has 5 rings (SSSR count). The van der Waals surface area contributed by atoms with Gasteiger partial charge in [0.05, 0.1) is 11.4 Å². The second-order valence-electron chi connectivity index (χ2n) is 6.89. The van der Waals surface area contributed by atoms with Crippen LogP contribution in [-0.2, 0) is 19.9 Å². The van der Waals surface area contributed by atoms with Crippen molar-refractivity contribution in [3.05, 3.63) is 78.4 Å². The van der Waals surface area contributed by atoms with Gasteiger partial charge in [-0.25, -0.2) is 18.9 Å². The third-order valence-electron chi connectivity index (χ3n) is 4.81. The molecule has 0 saturated heterocycles. The molecule has 0 amide bonds. The molecule has 0 unspecified atom stereocenters. The molecule has 0 aliphatic rings. The number of nitrogens with one attached hydrogen (secondary N) is 1. The number of aryl methyl sites for hydroxylation is 3. The molecule has 0 aliphatic heterocycles. The number of benzene rings is 1. The first kappa shape index (κ1) is 17.3. The van der Waals surface area contributed by atoms with E-state index in [2.05, 4.69) is 20.2 Å². The van der Waals surface area contributed by atoms with Crippen LogP contribution in [0, 0.1) is 5.82 Å². The largest absolute Gasteiger partial charge is 0.340 e. The van der Waals surface area contributed by atoms with Crippen molar-refractivity contribution in [3.8, 4) is 22.6 Å². The van der Waals surface area contributed by atoms with Crippen molar-refractivity contribution in [2.75, 3.05) is 0 Å². The third-order valence-corrected chi connectivity index (χ3v) is 4.81. The first-order valence-electron chi connectivity index (χ1n) is 9.29. The van der Waals surface area contributed by atoms with E-state index >= 15 is 0 Å². The van der Waals surface area contributed by atoms with Crippen molar-refractivity contribution >= 4 is 5.65 Å². The monoisotopic (exact) mass is 387 g/mol. The van der Waals surface area contributed by atoms with Crippen LogP contribution in [0.4, 0.5) is 4.39 Å². The van der Waals surface area contributed by atoms with Crippen LogP contribution in [0.3, 0.4) is 0 Å². The highest BCUT2D eigenvalue weighted by Gasteiger charge is 2.17. The minimum absolute atomic E-state index is 0.224. The van der Waals surface area contributed by atoms with Crippen molar-refractivity contribution in [3.63, 3.8) is 0 Å². The summed E-state index contributed by atoms with van der Waals surface area (Å²) in [4.78, 5) is 12.4. The Kier molecular flexibility index (Phi) is 4.16. The van der Waals surface area contributed by atoms with E-state index in [0.29, 0.717) is 12.8 Å². The van der Waals surface area contributed by atoms with Crippen LogP contribution >= 0.6 is 0 Å². The molecule has 0 saturated carbocycles. The van der Waals surface area contributed by atoms with Gasteiger partial charge in [0.15, 0.2) is 5.65 Å². The molecule has 0 atom stereocenters. The van der Waals surface area contributed by atoms with Gasteiger partial charge in [-0.15, -0.1) is 0 Å². The summed E-state index contributed by atoms with van der Waals surface area (Å²) in [5.41, 5.74) is 5.08. The average molecular weight is 387 g/mol. The molecule has 0 fully saturated rings. The zero-order chi connectivity index (χ0) is 19.8. The van der Waals surface area contributed by atoms with E-state index in [1.54, 1.807) is 21.3 Å². The maximum absolute atomic E-state index is 13.5. The van der Waals surface area contributed by atoms with Gasteiger partial charge in [0.25, 0.3) is 0 Å². The number of hydrogen-bond donors (Lipinski definition) is 1. The lowest BCUT2D eigenvalue weighted by Crippen LogP contribution is -1.94. The number of imidazole rings is 1. The van der Waals surface area contributed by atoms with Crippen molar-refractivity contribution in [1.29, 1.82) is 0 Å². The summed E-state index contributed by atoms with van der Waals surface area (Å²) >= 11 is 0. The topological polar surface area (TPSA) is 76.7 Å². The lowest BCUT2D eigenvalue weighted by molar-refractivity contribution is 0.625. The zero-order valence-corrected chi connectivity index (χ0v) is 15.7. The Bertz CT molecular complexity index is 1300. The number of fused-ring (bicyclic) bond motifs is 1. The van der Waals surface area contributed by atoms with Crippen LogP contribution in [0.1, 0.15) is 11.4 Å². The van der Waals surface area contributed by atoms with E-state index in [0.717, 1.165) is 39.7 Å². The van der Waals surface area contributed by atoms with Gasteiger partial charge < -0.3 is 4.98 Å². The van der Waals surface area contributed by atoms with Crippen molar-refractivity contribution in [2.24, 2.45) is 7.05 Å². The van der Waals surface area contributed by atoms with Crippen LogP contribution < -0.4 is 0 Å². The Morgan fingerprint density at radius 3 is 2.86 bits per heavy atom. The van der Waals surface area contributed by atoms with Gasteiger partial charge in [-0.2, -0.15) is 10.2 Å². The predicted molar refractivity (Wildman–Crippen MR) is 107 cm³/mol. The van der Waals surface area contributed by atoms with Crippen LogP contribution in [0.2, 0.25) is 0 Å². The normalized spacial score (nSPS) is 11.4. The van der Waals surface area contributed by atoms with Crippen LogP contribution in [0.5, 0.6) is 0 Å². The van der Waals surface area contributed by atoms with Gasteiger partial charge in [0, 0.05) is 31.4 Å². The highest BCUT2D eigenvalue weighted by atomic mass is 19.1. The third kappa shape index (κ3) is 3.40. The van der Waals surface area contributed by atoms with Crippen LogP contribution in [0.15, 0.2) is 61.2 Å². The fourth-order valence-corrected chi connectivity index (χ4v) is 3.40. The summed E-state index contributed by atoms with van der Waals surface area (Å²) in [6, 6.07) is 12.5. The van der Waals surface area contributed by atoms with E-state index < -0.39 is 0 Å². The summed E-state index contributed by atoms with van der Waals surface area (Å²) in [6.07, 6.45) is 6.67. The molecule has 0 aliphatic carbocycles. The lowest BCUT2D eigenvalue weighted by atomic mass is 10.1. The van der Waals surface area contributed by atoms with Gasteiger partial charge >= 0.3 is 0 Å². The summed E-state index contributed by atoms with van der Waals surface area (Å²) < 4.78 is 16.9. The minimum Gasteiger partial charge on any atom is -0.340 e. The van der Waals surface area contributed by atoms with Gasteiger partial charge in [-0.1, -0.05) is 12.1 Å². The number of rotatable bonds is 5. The molecular weight excluding hydrogens is 369 g/mol. The van der Waals surface area contributed by atoms with Crippen molar-refractivity contribution < 1.29 is 4.39 Å². The van der Waals surface area contributed by atoms with E-state index in [-0.39, 0.29) is 5.82 Å². The molecule has 8 heteroatoms. The smallest absolute Gasteiger partial charge is 0.155 e. The molecule has 0 bridgehead atoms. The zero-order valence-electron chi connectivity index (χ0n) is 15.7. The van der Waals surface area contributed by atoms with Gasteiger partial charge in [0.2, 0.25) is 0 Å². The number of pyridine rings is 1.